The van der Waals surface area contributed by atoms with E-state index in [2.05, 4.69) is 6.58 Å². The Morgan fingerprint density at radius 2 is 1.38 bits per heavy atom. The van der Waals surface area contributed by atoms with E-state index in [1.165, 1.54) is 0 Å². The second kappa shape index (κ2) is 15.6. The molecular formula is C10H18O6. The average Bonchev–Trinajstić information content (AvgIpc) is 2.19. The highest BCUT2D eigenvalue weighted by atomic mass is 16.4. The normalized spacial score (nSPS) is 7.38. The average molecular weight is 234 g/mol. The molecule has 0 aromatic heterocycles. The summed E-state index contributed by atoms with van der Waals surface area (Å²) in [4.78, 5) is 28.2. The summed E-state index contributed by atoms with van der Waals surface area (Å²) in [5.74, 6) is -2.44. The summed E-state index contributed by atoms with van der Waals surface area (Å²) in [6, 6.07) is 0. The maximum Gasteiger partial charge on any atom is 0.327 e. The molecule has 0 fully saturated rings. The minimum absolute atomic E-state index is 0.222. The molecule has 0 aromatic rings. The van der Waals surface area contributed by atoms with Crippen molar-refractivity contribution in [1.29, 1.82) is 0 Å². The zero-order chi connectivity index (χ0) is 13.6. The molecule has 0 radical (unpaired) electrons. The number of hydrogen-bond acceptors (Lipinski definition) is 3. The van der Waals surface area contributed by atoms with E-state index in [1.807, 2.05) is 6.92 Å². The summed E-state index contributed by atoms with van der Waals surface area (Å²) in [7, 11) is 0. The van der Waals surface area contributed by atoms with Crippen LogP contribution in [0.25, 0.3) is 0 Å². The summed E-state index contributed by atoms with van der Waals surface area (Å²) < 4.78 is 0. The van der Waals surface area contributed by atoms with Crippen molar-refractivity contribution in [2.45, 2.75) is 33.1 Å². The van der Waals surface area contributed by atoms with Gasteiger partial charge >= 0.3 is 17.9 Å². The van der Waals surface area contributed by atoms with Crippen LogP contribution in [0.5, 0.6) is 0 Å². The van der Waals surface area contributed by atoms with Crippen LogP contribution in [0.4, 0.5) is 0 Å². The molecule has 16 heavy (non-hydrogen) atoms. The molecule has 0 saturated carbocycles. The standard InChI is InChI=1S/C4H8O2.C3H6O2.C3H4O2/c1-2-3-4(5)6;2*1-2-3(4)5/h2-3H2,1H3,(H,5,6);2H2,1H3,(H,4,5);2H,1H2,(H,4,5). The minimum atomic E-state index is -0.981. The van der Waals surface area contributed by atoms with Crippen molar-refractivity contribution in [3.8, 4) is 0 Å². The lowest BCUT2D eigenvalue weighted by molar-refractivity contribution is -0.137. The fourth-order valence-electron chi connectivity index (χ4n) is 0.214. The Hall–Kier alpha value is -1.85. The molecule has 3 N–H and O–H groups in total. The van der Waals surface area contributed by atoms with Gasteiger partial charge in [0.15, 0.2) is 0 Å². The van der Waals surface area contributed by atoms with Crippen LogP contribution in [-0.2, 0) is 14.4 Å². The minimum Gasteiger partial charge on any atom is -0.481 e. The van der Waals surface area contributed by atoms with Crippen molar-refractivity contribution < 1.29 is 29.7 Å². The van der Waals surface area contributed by atoms with E-state index < -0.39 is 17.9 Å². The number of carbonyl (C=O) groups is 3. The summed E-state index contributed by atoms with van der Waals surface area (Å²) in [5.41, 5.74) is 0. The van der Waals surface area contributed by atoms with Gasteiger partial charge in [0.2, 0.25) is 0 Å². The van der Waals surface area contributed by atoms with E-state index in [0.29, 0.717) is 6.42 Å². The fraction of sp³-hybridized carbons (Fsp3) is 0.500. The first-order valence-electron chi connectivity index (χ1n) is 4.60. The van der Waals surface area contributed by atoms with Gasteiger partial charge in [0, 0.05) is 18.9 Å². The fourth-order valence-corrected chi connectivity index (χ4v) is 0.214. The first kappa shape index (κ1) is 19.7. The number of carboxylic acid groups (broad SMARTS) is 3. The predicted octanol–water partition coefficient (Wildman–Crippen LogP) is 1.61. The number of hydrogen-bond donors (Lipinski definition) is 3. The topological polar surface area (TPSA) is 112 Å². The molecule has 0 aliphatic carbocycles. The monoisotopic (exact) mass is 234 g/mol. The van der Waals surface area contributed by atoms with Crippen molar-refractivity contribution in [3.63, 3.8) is 0 Å². The van der Waals surface area contributed by atoms with Gasteiger partial charge in [-0.2, -0.15) is 0 Å². The lowest BCUT2D eigenvalue weighted by Crippen LogP contribution is -1.90. The first-order chi connectivity index (χ1) is 7.31. The maximum atomic E-state index is 9.60. The molecule has 0 unspecified atom stereocenters. The second-order valence-electron chi connectivity index (χ2n) is 2.43. The molecule has 0 aliphatic rings. The van der Waals surface area contributed by atoms with Gasteiger partial charge in [0.1, 0.15) is 0 Å². The van der Waals surface area contributed by atoms with E-state index in [-0.39, 0.29) is 6.42 Å². The molecule has 6 nitrogen and oxygen atoms in total. The summed E-state index contributed by atoms with van der Waals surface area (Å²) >= 11 is 0. The number of carboxylic acids is 3. The number of rotatable bonds is 4. The van der Waals surface area contributed by atoms with Gasteiger partial charge in [0.25, 0.3) is 0 Å². The van der Waals surface area contributed by atoms with Crippen molar-refractivity contribution in [1.82, 2.24) is 0 Å². The van der Waals surface area contributed by atoms with Crippen molar-refractivity contribution in [2.75, 3.05) is 0 Å². The molecule has 0 atom stereocenters. The van der Waals surface area contributed by atoms with Gasteiger partial charge in [-0.05, 0) is 6.42 Å². The van der Waals surface area contributed by atoms with E-state index in [9.17, 15) is 14.4 Å². The highest BCUT2D eigenvalue weighted by Gasteiger charge is 1.87. The third kappa shape index (κ3) is 57.0. The molecule has 0 bridgehead atoms. The zero-order valence-electron chi connectivity index (χ0n) is 9.47. The first-order valence-corrected chi connectivity index (χ1v) is 4.60. The van der Waals surface area contributed by atoms with Crippen LogP contribution in [0.15, 0.2) is 12.7 Å². The molecule has 0 spiro atoms. The van der Waals surface area contributed by atoms with Crippen LogP contribution in [0.2, 0.25) is 0 Å². The van der Waals surface area contributed by atoms with Crippen LogP contribution in [0, 0.1) is 0 Å². The molecule has 0 rings (SSSR count). The van der Waals surface area contributed by atoms with Gasteiger partial charge in [0.05, 0.1) is 0 Å². The van der Waals surface area contributed by atoms with Crippen molar-refractivity contribution in [2.24, 2.45) is 0 Å². The summed E-state index contributed by atoms with van der Waals surface area (Å²) in [5, 5.41) is 23.2. The van der Waals surface area contributed by atoms with Crippen LogP contribution >= 0.6 is 0 Å². The molecule has 0 saturated heterocycles. The van der Waals surface area contributed by atoms with Gasteiger partial charge in [-0.25, -0.2) is 4.79 Å². The Kier molecular flexibility index (Phi) is 19.2. The number of aliphatic carboxylic acids is 3. The molecule has 6 heteroatoms. The predicted molar refractivity (Wildman–Crippen MR) is 58.3 cm³/mol. The highest BCUT2D eigenvalue weighted by Crippen LogP contribution is 1.82. The van der Waals surface area contributed by atoms with Gasteiger partial charge in [-0.3, -0.25) is 9.59 Å². The second-order valence-corrected chi connectivity index (χ2v) is 2.43. The van der Waals surface area contributed by atoms with Gasteiger partial charge < -0.3 is 15.3 Å². The van der Waals surface area contributed by atoms with E-state index in [0.717, 1.165) is 12.5 Å². The molecule has 0 heterocycles. The van der Waals surface area contributed by atoms with Crippen LogP contribution in [0.1, 0.15) is 33.1 Å². The Bertz CT molecular complexity index is 221. The summed E-state index contributed by atoms with van der Waals surface area (Å²) in [6.45, 7) is 6.40. The van der Waals surface area contributed by atoms with Gasteiger partial charge in [-0.1, -0.05) is 20.4 Å². The lowest BCUT2D eigenvalue weighted by atomic mass is 10.4. The zero-order valence-corrected chi connectivity index (χ0v) is 9.47. The van der Waals surface area contributed by atoms with Crippen LogP contribution in [-0.4, -0.2) is 33.2 Å². The van der Waals surface area contributed by atoms with E-state index in [1.54, 1.807) is 6.92 Å². The summed E-state index contributed by atoms with van der Waals surface area (Å²) in [6.07, 6.45) is 2.08. The maximum absolute atomic E-state index is 9.60. The smallest absolute Gasteiger partial charge is 0.327 e. The molecule has 0 amide bonds. The van der Waals surface area contributed by atoms with E-state index in [4.69, 9.17) is 15.3 Å². The quantitative estimate of drug-likeness (QED) is 0.637. The molecular weight excluding hydrogens is 216 g/mol. The Morgan fingerprint density at radius 3 is 1.38 bits per heavy atom. The third-order valence-corrected chi connectivity index (χ3v) is 0.941. The SMILES string of the molecule is C=CC(=O)O.CCC(=O)O.CCCC(=O)O. The van der Waals surface area contributed by atoms with E-state index >= 15 is 0 Å². The molecule has 94 valence electrons. The Balaban J connectivity index is -0.000000160. The molecule has 0 aromatic carbocycles. The van der Waals surface area contributed by atoms with Gasteiger partial charge in [-0.15, -0.1) is 0 Å². The Morgan fingerprint density at radius 1 is 1.06 bits per heavy atom. The van der Waals surface area contributed by atoms with Crippen LogP contribution in [0.3, 0.4) is 0 Å². The molecule has 0 aliphatic heterocycles. The lowest BCUT2D eigenvalue weighted by Gasteiger charge is -1.79. The van der Waals surface area contributed by atoms with Crippen molar-refractivity contribution in [3.05, 3.63) is 12.7 Å². The Labute approximate surface area is 94.2 Å². The van der Waals surface area contributed by atoms with Crippen LogP contribution < -0.4 is 0 Å². The largest absolute Gasteiger partial charge is 0.481 e. The highest BCUT2D eigenvalue weighted by molar-refractivity contribution is 5.78. The third-order valence-electron chi connectivity index (χ3n) is 0.941. The van der Waals surface area contributed by atoms with Crippen molar-refractivity contribution >= 4 is 17.9 Å².